The molecule has 4 heteroatoms. The van der Waals surface area contributed by atoms with Gasteiger partial charge in [-0.15, -0.1) is 0 Å². The molecule has 0 radical (unpaired) electrons. The molecule has 1 aliphatic heterocycles. The van der Waals surface area contributed by atoms with Gasteiger partial charge in [0.1, 0.15) is 0 Å². The second kappa shape index (κ2) is 6.14. The van der Waals surface area contributed by atoms with E-state index in [2.05, 4.69) is 11.8 Å². The van der Waals surface area contributed by atoms with Crippen LogP contribution in [0.15, 0.2) is 0 Å². The van der Waals surface area contributed by atoms with Crippen LogP contribution in [0.3, 0.4) is 0 Å². The molecule has 0 aromatic carbocycles. The Labute approximate surface area is 104 Å². The van der Waals surface area contributed by atoms with Gasteiger partial charge in [0, 0.05) is 24.7 Å². The summed E-state index contributed by atoms with van der Waals surface area (Å²) in [5.74, 6) is 0. The van der Waals surface area contributed by atoms with Gasteiger partial charge in [0.15, 0.2) is 0 Å². The van der Waals surface area contributed by atoms with Crippen molar-refractivity contribution in [2.24, 2.45) is 5.73 Å². The Hall–Kier alpha value is -0.160. The van der Waals surface area contributed by atoms with Crippen LogP contribution in [0.5, 0.6) is 0 Å². The summed E-state index contributed by atoms with van der Waals surface area (Å²) < 4.78 is 5.59. The molecular formula is C13H26N2O2. The van der Waals surface area contributed by atoms with E-state index in [1.54, 1.807) is 0 Å². The van der Waals surface area contributed by atoms with Gasteiger partial charge in [-0.25, -0.2) is 0 Å². The maximum Gasteiger partial charge on any atom is 0.0933 e. The largest absolute Gasteiger partial charge is 0.394 e. The molecule has 17 heavy (non-hydrogen) atoms. The van der Waals surface area contributed by atoms with Crippen LogP contribution in [-0.2, 0) is 4.74 Å². The smallest absolute Gasteiger partial charge is 0.0933 e. The molecule has 2 rings (SSSR count). The lowest BCUT2D eigenvalue weighted by atomic mass is 9.99. The average Bonchev–Trinajstić information content (AvgIpc) is 2.55. The van der Waals surface area contributed by atoms with Gasteiger partial charge in [-0.05, 0) is 19.8 Å². The zero-order chi connectivity index (χ0) is 12.3. The van der Waals surface area contributed by atoms with Gasteiger partial charge in [-0.1, -0.05) is 19.3 Å². The molecule has 0 bridgehead atoms. The molecule has 1 aliphatic carbocycles. The lowest BCUT2D eigenvalue weighted by Gasteiger charge is -2.44. The molecule has 4 atom stereocenters. The number of nitrogens with zero attached hydrogens (tertiary/aromatic N) is 1. The van der Waals surface area contributed by atoms with E-state index in [4.69, 9.17) is 10.5 Å². The second-order valence-electron chi connectivity index (χ2n) is 5.55. The fourth-order valence-electron chi connectivity index (χ4n) is 3.14. The van der Waals surface area contributed by atoms with E-state index in [0.29, 0.717) is 18.7 Å². The first-order valence-electron chi connectivity index (χ1n) is 6.96. The van der Waals surface area contributed by atoms with Gasteiger partial charge in [0.05, 0.1) is 19.3 Å². The third kappa shape index (κ3) is 3.19. The normalized spacial score (nSPS) is 41.1. The number of ether oxygens (including phenoxy) is 1. The molecule has 1 saturated heterocycles. The Bertz CT molecular complexity index is 237. The fourth-order valence-corrected chi connectivity index (χ4v) is 3.14. The SMILES string of the molecule is CC1COC(CO)CN1C1CCCCCC1N. The minimum Gasteiger partial charge on any atom is -0.394 e. The second-order valence-corrected chi connectivity index (χ2v) is 5.55. The van der Waals surface area contributed by atoms with Crippen LogP contribution in [0.1, 0.15) is 39.0 Å². The molecule has 100 valence electrons. The van der Waals surface area contributed by atoms with Crippen LogP contribution in [0.4, 0.5) is 0 Å². The zero-order valence-electron chi connectivity index (χ0n) is 10.8. The van der Waals surface area contributed by atoms with Crippen molar-refractivity contribution in [3.05, 3.63) is 0 Å². The third-order valence-electron chi connectivity index (χ3n) is 4.21. The highest BCUT2D eigenvalue weighted by molar-refractivity contribution is 4.90. The maximum absolute atomic E-state index is 9.23. The first-order valence-corrected chi connectivity index (χ1v) is 6.96. The van der Waals surface area contributed by atoms with Crippen molar-refractivity contribution in [2.75, 3.05) is 19.8 Å². The number of hydrogen-bond acceptors (Lipinski definition) is 4. The molecule has 4 nitrogen and oxygen atoms in total. The third-order valence-corrected chi connectivity index (χ3v) is 4.21. The standard InChI is InChI=1S/C13H26N2O2/c1-10-9-17-11(8-16)7-15(10)13-6-4-2-3-5-12(13)14/h10-13,16H,2-9,14H2,1H3. The van der Waals surface area contributed by atoms with E-state index in [0.717, 1.165) is 13.0 Å². The maximum atomic E-state index is 9.23. The summed E-state index contributed by atoms with van der Waals surface area (Å²) in [5.41, 5.74) is 6.31. The van der Waals surface area contributed by atoms with Gasteiger partial charge in [-0.2, -0.15) is 0 Å². The molecule has 0 amide bonds. The lowest BCUT2D eigenvalue weighted by Crippen LogP contribution is -2.58. The van der Waals surface area contributed by atoms with Gasteiger partial charge in [0.2, 0.25) is 0 Å². The number of aliphatic hydroxyl groups is 1. The van der Waals surface area contributed by atoms with Gasteiger partial charge >= 0.3 is 0 Å². The van der Waals surface area contributed by atoms with E-state index in [1.165, 1.54) is 25.7 Å². The van der Waals surface area contributed by atoms with Crippen LogP contribution in [0, 0.1) is 0 Å². The molecule has 2 aliphatic rings. The highest BCUT2D eigenvalue weighted by atomic mass is 16.5. The number of hydrogen-bond donors (Lipinski definition) is 2. The Morgan fingerprint density at radius 2 is 2.06 bits per heavy atom. The van der Waals surface area contributed by atoms with Crippen LogP contribution in [0.2, 0.25) is 0 Å². The Balaban J connectivity index is 2.01. The van der Waals surface area contributed by atoms with Crippen LogP contribution >= 0.6 is 0 Å². The molecule has 4 unspecified atom stereocenters. The summed E-state index contributed by atoms with van der Waals surface area (Å²) in [6, 6.07) is 1.19. The van der Waals surface area contributed by atoms with E-state index in [-0.39, 0.29) is 18.8 Å². The first-order chi connectivity index (χ1) is 8.22. The number of morpholine rings is 1. The fraction of sp³-hybridized carbons (Fsp3) is 1.00. The van der Waals surface area contributed by atoms with Crippen molar-refractivity contribution in [2.45, 2.75) is 63.3 Å². The Morgan fingerprint density at radius 3 is 2.82 bits per heavy atom. The highest BCUT2D eigenvalue weighted by Crippen LogP contribution is 2.25. The summed E-state index contributed by atoms with van der Waals surface area (Å²) in [7, 11) is 0. The Morgan fingerprint density at radius 1 is 1.29 bits per heavy atom. The molecule has 1 saturated carbocycles. The summed E-state index contributed by atoms with van der Waals surface area (Å²) in [6.45, 7) is 3.86. The summed E-state index contributed by atoms with van der Waals surface area (Å²) >= 11 is 0. The summed E-state index contributed by atoms with van der Waals surface area (Å²) in [4.78, 5) is 2.47. The number of nitrogens with two attached hydrogens (primary N) is 1. The van der Waals surface area contributed by atoms with Crippen LogP contribution in [-0.4, -0.2) is 54.0 Å². The van der Waals surface area contributed by atoms with Crippen LogP contribution < -0.4 is 5.73 Å². The molecule has 0 spiro atoms. The molecule has 0 aromatic rings. The van der Waals surface area contributed by atoms with Crippen molar-refractivity contribution in [3.8, 4) is 0 Å². The monoisotopic (exact) mass is 242 g/mol. The summed E-state index contributed by atoms with van der Waals surface area (Å²) in [5, 5.41) is 9.23. The van der Waals surface area contributed by atoms with Crippen LogP contribution in [0.25, 0.3) is 0 Å². The minimum atomic E-state index is -0.0262. The van der Waals surface area contributed by atoms with Crippen molar-refractivity contribution in [1.29, 1.82) is 0 Å². The first kappa shape index (κ1) is 13.3. The zero-order valence-corrected chi connectivity index (χ0v) is 10.8. The average molecular weight is 242 g/mol. The predicted octanol–water partition coefficient (Wildman–Crippen LogP) is 0.728. The highest BCUT2D eigenvalue weighted by Gasteiger charge is 2.34. The van der Waals surface area contributed by atoms with E-state index >= 15 is 0 Å². The molecule has 1 heterocycles. The predicted molar refractivity (Wildman–Crippen MR) is 67.8 cm³/mol. The topological polar surface area (TPSA) is 58.7 Å². The molecule has 0 aromatic heterocycles. The summed E-state index contributed by atoms with van der Waals surface area (Å²) in [6.07, 6.45) is 6.17. The number of rotatable bonds is 2. The van der Waals surface area contributed by atoms with Crippen molar-refractivity contribution >= 4 is 0 Å². The van der Waals surface area contributed by atoms with Gasteiger partial charge in [-0.3, -0.25) is 4.90 Å². The van der Waals surface area contributed by atoms with Gasteiger partial charge in [0.25, 0.3) is 0 Å². The minimum absolute atomic E-state index is 0.0262. The van der Waals surface area contributed by atoms with Crippen molar-refractivity contribution in [3.63, 3.8) is 0 Å². The van der Waals surface area contributed by atoms with E-state index in [1.807, 2.05) is 0 Å². The molecule has 2 fully saturated rings. The van der Waals surface area contributed by atoms with E-state index in [9.17, 15) is 5.11 Å². The quantitative estimate of drug-likeness (QED) is 0.701. The lowest BCUT2D eigenvalue weighted by molar-refractivity contribution is -0.0945. The van der Waals surface area contributed by atoms with Crippen molar-refractivity contribution < 1.29 is 9.84 Å². The Kier molecular flexibility index (Phi) is 4.79. The van der Waals surface area contributed by atoms with E-state index < -0.39 is 0 Å². The number of aliphatic hydroxyl groups excluding tert-OH is 1. The molecule has 3 N–H and O–H groups in total. The molecular weight excluding hydrogens is 216 g/mol. The van der Waals surface area contributed by atoms with Crippen molar-refractivity contribution in [1.82, 2.24) is 4.90 Å². The van der Waals surface area contributed by atoms with Gasteiger partial charge < -0.3 is 15.6 Å².